The van der Waals surface area contributed by atoms with Crippen LogP contribution in [0.15, 0.2) is 72.8 Å². The Hall–Kier alpha value is -5.05. The molecule has 0 aliphatic carbocycles. The van der Waals surface area contributed by atoms with Crippen molar-refractivity contribution < 1.29 is 44.2 Å². The van der Waals surface area contributed by atoms with Crippen molar-refractivity contribution >= 4 is 5.78 Å². The van der Waals surface area contributed by atoms with Crippen molar-refractivity contribution in [2.75, 3.05) is 28.4 Å². The molecule has 4 aromatic rings. The van der Waals surface area contributed by atoms with Gasteiger partial charge in [-0.2, -0.15) is 0 Å². The third-order valence-electron chi connectivity index (χ3n) is 6.70. The average Bonchev–Trinajstić information content (AvgIpc) is 2.95. The highest BCUT2D eigenvalue weighted by Crippen LogP contribution is 2.45. The number of carbonyl (C=O) groups excluding carboxylic acids is 1. The number of aromatic hydroxyl groups is 4. The second-order valence-electron chi connectivity index (χ2n) is 8.98. The number of carbonyl (C=O) groups is 1. The van der Waals surface area contributed by atoms with E-state index in [1.54, 1.807) is 36.4 Å². The standard InChI is InChI=1S/C31H30O9/c1-37-25-11-5-17(13-27(25)39-3)29(21-9-7-19(32)15-23(21)34)31(36)30(22-10-8-20(33)16-24(22)35)18-6-12-26(38-2)28(14-18)40-4/h5-16,29-30,32-35H,1-4H3. The summed E-state index contributed by atoms with van der Waals surface area (Å²) < 4.78 is 21.7. The molecule has 9 heteroatoms. The van der Waals surface area contributed by atoms with Gasteiger partial charge in [-0.05, 0) is 47.5 Å². The second kappa shape index (κ2) is 11.8. The number of hydrogen-bond donors (Lipinski definition) is 4. The van der Waals surface area contributed by atoms with Gasteiger partial charge < -0.3 is 39.4 Å². The molecule has 0 saturated heterocycles. The first-order valence-corrected chi connectivity index (χ1v) is 12.2. The Bertz CT molecular complexity index is 1420. The molecular weight excluding hydrogens is 516 g/mol. The fraction of sp³-hybridized carbons (Fsp3) is 0.194. The molecule has 4 aromatic carbocycles. The molecule has 2 atom stereocenters. The van der Waals surface area contributed by atoms with Gasteiger partial charge in [-0.1, -0.05) is 24.3 Å². The van der Waals surface area contributed by atoms with Gasteiger partial charge in [0.25, 0.3) is 0 Å². The van der Waals surface area contributed by atoms with E-state index in [-0.39, 0.29) is 34.1 Å². The van der Waals surface area contributed by atoms with Gasteiger partial charge in [0, 0.05) is 23.3 Å². The molecular formula is C31H30O9. The fourth-order valence-corrected chi connectivity index (χ4v) is 4.78. The maximum Gasteiger partial charge on any atom is 0.161 e. The molecule has 0 fully saturated rings. The third-order valence-corrected chi connectivity index (χ3v) is 6.70. The number of methoxy groups -OCH3 is 4. The summed E-state index contributed by atoms with van der Waals surface area (Å²) in [6.45, 7) is 0. The minimum Gasteiger partial charge on any atom is -0.508 e. The lowest BCUT2D eigenvalue weighted by molar-refractivity contribution is -0.120. The summed E-state index contributed by atoms with van der Waals surface area (Å²) >= 11 is 0. The minimum absolute atomic E-state index is 0.174. The van der Waals surface area contributed by atoms with Gasteiger partial charge in [0.15, 0.2) is 28.8 Å². The molecule has 4 N–H and O–H groups in total. The van der Waals surface area contributed by atoms with Crippen LogP contribution in [0.25, 0.3) is 0 Å². The van der Waals surface area contributed by atoms with Gasteiger partial charge in [-0.25, -0.2) is 0 Å². The van der Waals surface area contributed by atoms with E-state index in [9.17, 15) is 25.2 Å². The summed E-state index contributed by atoms with van der Waals surface area (Å²) in [7, 11) is 5.92. The highest BCUT2D eigenvalue weighted by molar-refractivity contribution is 5.98. The first-order valence-electron chi connectivity index (χ1n) is 12.2. The number of rotatable bonds is 10. The predicted molar refractivity (Wildman–Crippen MR) is 147 cm³/mol. The molecule has 208 valence electrons. The van der Waals surface area contributed by atoms with E-state index >= 15 is 0 Å². The fourth-order valence-electron chi connectivity index (χ4n) is 4.78. The molecule has 40 heavy (non-hydrogen) atoms. The van der Waals surface area contributed by atoms with E-state index in [0.29, 0.717) is 34.1 Å². The Balaban J connectivity index is 1.99. The van der Waals surface area contributed by atoms with E-state index in [4.69, 9.17) is 18.9 Å². The highest BCUT2D eigenvalue weighted by Gasteiger charge is 2.36. The topological polar surface area (TPSA) is 135 Å². The lowest BCUT2D eigenvalue weighted by Crippen LogP contribution is -2.23. The van der Waals surface area contributed by atoms with Gasteiger partial charge in [-0.3, -0.25) is 4.79 Å². The van der Waals surface area contributed by atoms with Crippen LogP contribution < -0.4 is 18.9 Å². The molecule has 0 aliphatic heterocycles. The van der Waals surface area contributed by atoms with Crippen molar-refractivity contribution in [2.24, 2.45) is 0 Å². The van der Waals surface area contributed by atoms with E-state index in [0.717, 1.165) is 12.1 Å². The zero-order valence-corrected chi connectivity index (χ0v) is 22.4. The van der Waals surface area contributed by atoms with Crippen LogP contribution in [0.5, 0.6) is 46.0 Å². The summed E-state index contributed by atoms with van der Waals surface area (Å²) in [5.74, 6) is -1.93. The number of phenols is 4. The monoisotopic (exact) mass is 546 g/mol. The minimum atomic E-state index is -1.09. The number of Topliss-reactive ketones (excluding diaryl/α,β-unsaturated/α-hetero) is 1. The van der Waals surface area contributed by atoms with Gasteiger partial charge in [0.1, 0.15) is 23.0 Å². The maximum absolute atomic E-state index is 14.7. The Kier molecular flexibility index (Phi) is 8.23. The Labute approximate surface area is 231 Å². The normalized spacial score (nSPS) is 12.3. The van der Waals surface area contributed by atoms with Crippen molar-refractivity contribution in [1.82, 2.24) is 0 Å². The maximum atomic E-state index is 14.7. The largest absolute Gasteiger partial charge is 0.508 e. The summed E-state index contributed by atoms with van der Waals surface area (Å²) in [6, 6.07) is 17.9. The first kappa shape index (κ1) is 28.0. The lowest BCUT2D eigenvalue weighted by atomic mass is 9.76. The van der Waals surface area contributed by atoms with Gasteiger partial charge in [-0.15, -0.1) is 0 Å². The SMILES string of the molecule is COc1ccc(C(C(=O)C(c2ccc(OC)c(OC)c2)c2ccc(O)cc2O)c2ccc(O)cc2O)cc1OC. The molecule has 0 aromatic heterocycles. The molecule has 0 saturated carbocycles. The van der Waals surface area contributed by atoms with Crippen LogP contribution in [0, 0.1) is 0 Å². The van der Waals surface area contributed by atoms with Crippen LogP contribution in [-0.2, 0) is 4.79 Å². The molecule has 0 bridgehead atoms. The molecule has 0 heterocycles. The number of ether oxygens (including phenoxy) is 4. The van der Waals surface area contributed by atoms with Crippen LogP contribution in [-0.4, -0.2) is 54.6 Å². The molecule has 9 nitrogen and oxygen atoms in total. The van der Waals surface area contributed by atoms with Crippen LogP contribution in [0.2, 0.25) is 0 Å². The number of phenolic OH excluding ortho intramolecular Hbond substituents is 4. The summed E-state index contributed by atoms with van der Waals surface area (Å²) in [6.07, 6.45) is 0. The molecule has 0 aliphatic rings. The van der Waals surface area contributed by atoms with E-state index in [1.165, 1.54) is 52.7 Å². The summed E-state index contributed by atoms with van der Waals surface area (Å²) in [5, 5.41) is 41.7. The Morgan fingerprint density at radius 1 is 0.525 bits per heavy atom. The second-order valence-corrected chi connectivity index (χ2v) is 8.98. The van der Waals surface area contributed by atoms with Crippen LogP contribution in [0.3, 0.4) is 0 Å². The van der Waals surface area contributed by atoms with Crippen molar-refractivity contribution in [3.05, 3.63) is 95.1 Å². The third kappa shape index (κ3) is 5.40. The van der Waals surface area contributed by atoms with Crippen molar-refractivity contribution in [3.63, 3.8) is 0 Å². The molecule has 2 unspecified atom stereocenters. The van der Waals surface area contributed by atoms with E-state index < -0.39 is 17.6 Å². The molecule has 4 rings (SSSR count). The average molecular weight is 547 g/mol. The number of benzene rings is 4. The molecule has 0 amide bonds. The Morgan fingerprint density at radius 3 is 1.23 bits per heavy atom. The predicted octanol–water partition coefficient (Wildman–Crippen LogP) is 5.08. The van der Waals surface area contributed by atoms with Crippen LogP contribution >= 0.6 is 0 Å². The van der Waals surface area contributed by atoms with Crippen LogP contribution in [0.1, 0.15) is 34.1 Å². The zero-order chi connectivity index (χ0) is 29.0. The van der Waals surface area contributed by atoms with E-state index in [2.05, 4.69) is 0 Å². The Morgan fingerprint density at radius 2 is 0.900 bits per heavy atom. The number of ketones is 1. The lowest BCUT2D eigenvalue weighted by Gasteiger charge is -2.26. The van der Waals surface area contributed by atoms with Gasteiger partial charge in [0.05, 0.1) is 40.3 Å². The summed E-state index contributed by atoms with van der Waals surface area (Å²) in [4.78, 5) is 14.7. The van der Waals surface area contributed by atoms with Crippen molar-refractivity contribution in [1.29, 1.82) is 0 Å². The van der Waals surface area contributed by atoms with E-state index in [1.807, 2.05) is 0 Å². The smallest absolute Gasteiger partial charge is 0.161 e. The van der Waals surface area contributed by atoms with Crippen molar-refractivity contribution in [3.8, 4) is 46.0 Å². The van der Waals surface area contributed by atoms with Gasteiger partial charge >= 0.3 is 0 Å². The van der Waals surface area contributed by atoms with Gasteiger partial charge in [0.2, 0.25) is 0 Å². The van der Waals surface area contributed by atoms with Crippen molar-refractivity contribution in [2.45, 2.75) is 11.8 Å². The quantitative estimate of drug-likeness (QED) is 0.215. The molecule has 0 spiro atoms. The highest BCUT2D eigenvalue weighted by atomic mass is 16.5. The first-order chi connectivity index (χ1) is 19.2. The molecule has 0 radical (unpaired) electrons. The summed E-state index contributed by atoms with van der Waals surface area (Å²) in [5.41, 5.74) is 1.37. The zero-order valence-electron chi connectivity index (χ0n) is 22.4. The number of hydrogen-bond acceptors (Lipinski definition) is 9. The van der Waals surface area contributed by atoms with Crippen LogP contribution in [0.4, 0.5) is 0 Å².